The number of thioether (sulfide) groups is 1. The van der Waals surface area contributed by atoms with Gasteiger partial charge in [0.05, 0.1) is 21.2 Å². The van der Waals surface area contributed by atoms with E-state index in [4.69, 9.17) is 5.14 Å². The third-order valence-corrected chi connectivity index (χ3v) is 6.76. The van der Waals surface area contributed by atoms with Crippen LogP contribution < -0.4 is 5.14 Å². The first-order valence-electron chi connectivity index (χ1n) is 9.79. The molecule has 7 nitrogen and oxygen atoms in total. The number of rotatable bonds is 8. The molecule has 166 valence electrons. The van der Waals surface area contributed by atoms with Crippen LogP contribution in [0, 0.1) is 5.82 Å². The Morgan fingerprint density at radius 1 is 1.29 bits per heavy atom. The molecule has 1 heterocycles. The van der Waals surface area contributed by atoms with Gasteiger partial charge in [0.2, 0.25) is 15.9 Å². The number of sulfonamides is 1. The molecule has 3 rings (SSSR count). The summed E-state index contributed by atoms with van der Waals surface area (Å²) in [5.41, 5.74) is 2.00. The fourth-order valence-corrected chi connectivity index (χ4v) is 4.90. The summed E-state index contributed by atoms with van der Waals surface area (Å²) in [4.78, 5) is 19.0. The third-order valence-electron chi connectivity index (χ3n) is 4.78. The van der Waals surface area contributed by atoms with Crippen LogP contribution in [0.25, 0.3) is 11.0 Å². The van der Waals surface area contributed by atoms with E-state index in [2.05, 4.69) is 4.98 Å². The number of fused-ring (bicyclic) bond motifs is 1. The van der Waals surface area contributed by atoms with E-state index >= 15 is 0 Å². The number of imidazole rings is 1. The van der Waals surface area contributed by atoms with Crippen molar-refractivity contribution in [1.82, 2.24) is 14.5 Å². The van der Waals surface area contributed by atoms with Crippen molar-refractivity contribution in [2.75, 3.05) is 7.05 Å². The minimum Gasteiger partial charge on any atom is -0.340 e. The van der Waals surface area contributed by atoms with E-state index in [1.807, 2.05) is 11.5 Å². The lowest BCUT2D eigenvalue weighted by Gasteiger charge is -2.21. The van der Waals surface area contributed by atoms with Gasteiger partial charge in [-0.3, -0.25) is 4.79 Å². The molecule has 1 atom stereocenters. The van der Waals surface area contributed by atoms with Gasteiger partial charge in [-0.05, 0) is 49.2 Å². The zero-order valence-electron chi connectivity index (χ0n) is 17.6. The highest BCUT2D eigenvalue weighted by Crippen LogP contribution is 2.29. The molecule has 1 amide bonds. The maximum atomic E-state index is 13.4. The lowest BCUT2D eigenvalue weighted by Crippen LogP contribution is -2.33. The van der Waals surface area contributed by atoms with Crippen molar-refractivity contribution in [1.29, 1.82) is 0 Å². The quantitative estimate of drug-likeness (QED) is 0.516. The maximum Gasteiger partial charge on any atom is 0.238 e. The third kappa shape index (κ3) is 5.44. The molecule has 1 aromatic heterocycles. The Morgan fingerprint density at radius 3 is 2.68 bits per heavy atom. The molecule has 2 aromatic carbocycles. The first kappa shape index (κ1) is 23.2. The summed E-state index contributed by atoms with van der Waals surface area (Å²) < 4.78 is 38.7. The number of aromatic nitrogens is 2. The fraction of sp³-hybridized carbons (Fsp3) is 0.333. The van der Waals surface area contributed by atoms with Crippen molar-refractivity contribution in [2.24, 2.45) is 5.14 Å². The van der Waals surface area contributed by atoms with Gasteiger partial charge in [-0.15, -0.1) is 0 Å². The summed E-state index contributed by atoms with van der Waals surface area (Å²) in [6.07, 6.45) is 0.845. The van der Waals surface area contributed by atoms with Crippen molar-refractivity contribution in [3.05, 3.63) is 53.8 Å². The summed E-state index contributed by atoms with van der Waals surface area (Å²) >= 11 is 1.31. The van der Waals surface area contributed by atoms with E-state index in [1.165, 1.54) is 36.0 Å². The lowest BCUT2D eigenvalue weighted by atomic mass is 10.2. The van der Waals surface area contributed by atoms with Crippen LogP contribution >= 0.6 is 11.8 Å². The molecule has 10 heteroatoms. The Morgan fingerprint density at radius 2 is 2.03 bits per heavy atom. The van der Waals surface area contributed by atoms with Crippen LogP contribution in [-0.2, 0) is 27.9 Å². The predicted molar refractivity (Wildman–Crippen MR) is 120 cm³/mol. The van der Waals surface area contributed by atoms with Crippen LogP contribution in [0.5, 0.6) is 0 Å². The second-order valence-electron chi connectivity index (χ2n) is 7.33. The molecule has 0 aliphatic heterocycles. The van der Waals surface area contributed by atoms with Crippen LogP contribution in [0.4, 0.5) is 4.39 Å². The van der Waals surface area contributed by atoms with E-state index in [-0.39, 0.29) is 16.6 Å². The molecule has 0 saturated carbocycles. The number of amides is 1. The number of benzene rings is 2. The average Bonchev–Trinajstić information content (AvgIpc) is 3.03. The molecule has 0 spiro atoms. The van der Waals surface area contributed by atoms with Gasteiger partial charge >= 0.3 is 0 Å². The first-order chi connectivity index (χ1) is 14.6. The zero-order chi connectivity index (χ0) is 22.8. The van der Waals surface area contributed by atoms with Crippen molar-refractivity contribution >= 4 is 38.7 Å². The molecule has 0 saturated heterocycles. The molecular weight excluding hydrogens is 439 g/mol. The highest BCUT2D eigenvalue weighted by Gasteiger charge is 2.23. The van der Waals surface area contributed by atoms with Gasteiger partial charge < -0.3 is 9.47 Å². The fourth-order valence-electron chi connectivity index (χ4n) is 3.30. The van der Waals surface area contributed by atoms with Crippen molar-refractivity contribution < 1.29 is 17.6 Å². The van der Waals surface area contributed by atoms with Crippen molar-refractivity contribution in [3.8, 4) is 0 Å². The molecule has 3 aromatic rings. The highest BCUT2D eigenvalue weighted by atomic mass is 32.2. The Bertz CT molecular complexity index is 1210. The number of aryl methyl sites for hydroxylation is 1. The summed E-state index contributed by atoms with van der Waals surface area (Å²) in [5, 5.41) is 5.42. The minimum atomic E-state index is -3.83. The van der Waals surface area contributed by atoms with E-state index in [0.29, 0.717) is 29.3 Å². The SMILES string of the molecule is CCCn1c(SC(C)C(=O)N(C)Cc2cccc(F)c2)nc2cc(S(N)(=O)=O)ccc21. The lowest BCUT2D eigenvalue weighted by molar-refractivity contribution is -0.129. The van der Waals surface area contributed by atoms with E-state index in [9.17, 15) is 17.6 Å². The highest BCUT2D eigenvalue weighted by molar-refractivity contribution is 8.00. The monoisotopic (exact) mass is 464 g/mol. The average molecular weight is 465 g/mol. The molecule has 0 fully saturated rings. The molecule has 31 heavy (non-hydrogen) atoms. The van der Waals surface area contributed by atoms with Crippen molar-refractivity contribution in [3.63, 3.8) is 0 Å². The molecule has 0 radical (unpaired) electrons. The van der Waals surface area contributed by atoms with Gasteiger partial charge in [-0.2, -0.15) is 0 Å². The van der Waals surface area contributed by atoms with Gasteiger partial charge in [0, 0.05) is 20.1 Å². The number of primary sulfonamides is 1. The normalized spacial score (nSPS) is 12.8. The number of nitrogens with zero attached hydrogens (tertiary/aromatic N) is 3. The standard InChI is InChI=1S/C21H25FN4O3S2/c1-4-10-26-19-9-8-17(31(23,28)29)12-18(19)24-21(26)30-14(2)20(27)25(3)13-15-6-5-7-16(22)11-15/h5-9,11-12,14H,4,10,13H2,1-3H3,(H2,23,28,29). The molecule has 0 aliphatic carbocycles. The Kier molecular flexibility index (Phi) is 7.03. The Balaban J connectivity index is 1.83. The number of hydrogen-bond donors (Lipinski definition) is 1. The van der Waals surface area contributed by atoms with Crippen LogP contribution in [0.1, 0.15) is 25.8 Å². The smallest absolute Gasteiger partial charge is 0.238 e. The minimum absolute atomic E-state index is 0.00310. The summed E-state index contributed by atoms with van der Waals surface area (Å²) in [5.74, 6) is -0.456. The second kappa shape index (κ2) is 9.37. The number of nitrogens with two attached hydrogens (primary N) is 1. The van der Waals surface area contributed by atoms with E-state index in [0.717, 1.165) is 11.9 Å². The number of carbonyl (C=O) groups excluding carboxylic acids is 1. The van der Waals surface area contributed by atoms with E-state index < -0.39 is 15.3 Å². The number of hydrogen-bond acceptors (Lipinski definition) is 5. The van der Waals surface area contributed by atoms with Crippen molar-refractivity contribution in [2.45, 2.75) is 48.7 Å². The van der Waals surface area contributed by atoms with Crippen LogP contribution in [0.2, 0.25) is 0 Å². The van der Waals surface area contributed by atoms with Crippen LogP contribution in [-0.4, -0.2) is 41.1 Å². The maximum absolute atomic E-state index is 13.4. The molecule has 0 bridgehead atoms. The van der Waals surface area contributed by atoms with Gasteiger partial charge in [0.25, 0.3) is 0 Å². The summed E-state index contributed by atoms with van der Waals surface area (Å²) in [6, 6.07) is 10.8. The summed E-state index contributed by atoms with van der Waals surface area (Å²) in [7, 11) is -2.16. The predicted octanol–water partition coefficient (Wildman–Crippen LogP) is 3.37. The molecule has 2 N–H and O–H groups in total. The topological polar surface area (TPSA) is 98.3 Å². The zero-order valence-corrected chi connectivity index (χ0v) is 19.2. The number of carbonyl (C=O) groups is 1. The van der Waals surface area contributed by atoms with Gasteiger partial charge in [-0.25, -0.2) is 22.9 Å². The molecule has 0 aliphatic rings. The van der Waals surface area contributed by atoms with E-state index in [1.54, 1.807) is 37.1 Å². The van der Waals surface area contributed by atoms with Crippen LogP contribution in [0.15, 0.2) is 52.5 Å². The second-order valence-corrected chi connectivity index (χ2v) is 10.2. The Hall–Kier alpha value is -2.43. The first-order valence-corrected chi connectivity index (χ1v) is 12.2. The largest absolute Gasteiger partial charge is 0.340 e. The van der Waals surface area contributed by atoms with Gasteiger partial charge in [-0.1, -0.05) is 30.8 Å². The molecular formula is C21H25FN4O3S2. The number of halogens is 1. The molecule has 1 unspecified atom stereocenters. The van der Waals surface area contributed by atoms with Gasteiger partial charge in [0.1, 0.15) is 5.82 Å². The van der Waals surface area contributed by atoms with Crippen LogP contribution in [0.3, 0.4) is 0 Å². The summed E-state index contributed by atoms with van der Waals surface area (Å²) in [6.45, 7) is 4.79. The Labute approximate surface area is 185 Å². The van der Waals surface area contributed by atoms with Gasteiger partial charge in [0.15, 0.2) is 5.16 Å².